The highest BCUT2D eigenvalue weighted by Crippen LogP contribution is 2.23. The largest absolute Gasteiger partial charge is 0.367 e. The van der Waals surface area contributed by atoms with E-state index < -0.39 is 5.82 Å². The zero-order valence-electron chi connectivity index (χ0n) is 18.1. The molecule has 1 aromatic carbocycles. The van der Waals surface area contributed by atoms with E-state index in [1.807, 2.05) is 36.9 Å². The first kappa shape index (κ1) is 21.5. The van der Waals surface area contributed by atoms with Crippen molar-refractivity contribution in [1.82, 2.24) is 19.7 Å². The fraction of sp³-hybridized carbons (Fsp3) is 0.304. The molecule has 32 heavy (non-hydrogen) atoms. The summed E-state index contributed by atoms with van der Waals surface area (Å²) in [5.74, 6) is -0.825. The molecule has 8 nitrogen and oxygen atoms in total. The van der Waals surface area contributed by atoms with Crippen LogP contribution in [-0.2, 0) is 11.3 Å². The molecule has 1 fully saturated rings. The van der Waals surface area contributed by atoms with E-state index in [1.54, 1.807) is 16.8 Å². The number of carbonyl (C=O) groups excluding carboxylic acids is 2. The Balaban J connectivity index is 1.41. The first-order valence-corrected chi connectivity index (χ1v) is 10.5. The van der Waals surface area contributed by atoms with Crippen LogP contribution < -0.4 is 10.2 Å². The summed E-state index contributed by atoms with van der Waals surface area (Å²) in [5.41, 5.74) is 3.41. The maximum Gasteiger partial charge on any atom is 0.257 e. The Morgan fingerprint density at radius 3 is 2.50 bits per heavy atom. The van der Waals surface area contributed by atoms with Gasteiger partial charge in [0, 0.05) is 43.6 Å². The van der Waals surface area contributed by atoms with Crippen LogP contribution in [0.5, 0.6) is 0 Å². The molecule has 2 amide bonds. The number of aryl methyl sites for hydroxylation is 2. The molecule has 1 aliphatic rings. The van der Waals surface area contributed by atoms with Crippen LogP contribution in [0, 0.1) is 19.7 Å². The smallest absolute Gasteiger partial charge is 0.257 e. The van der Waals surface area contributed by atoms with Crippen LogP contribution in [0.3, 0.4) is 0 Å². The van der Waals surface area contributed by atoms with E-state index in [-0.39, 0.29) is 18.4 Å². The highest BCUT2D eigenvalue weighted by Gasteiger charge is 2.24. The Kier molecular flexibility index (Phi) is 6.16. The van der Waals surface area contributed by atoms with Gasteiger partial charge >= 0.3 is 0 Å². The number of aromatic nitrogens is 3. The first-order chi connectivity index (χ1) is 15.4. The van der Waals surface area contributed by atoms with Crippen molar-refractivity contribution in [2.45, 2.75) is 20.4 Å². The van der Waals surface area contributed by atoms with Crippen LogP contribution in [0.1, 0.15) is 21.7 Å². The van der Waals surface area contributed by atoms with Gasteiger partial charge in [0.15, 0.2) is 0 Å². The number of nitrogens with one attached hydrogen (secondary N) is 1. The van der Waals surface area contributed by atoms with Gasteiger partial charge in [-0.05, 0) is 32.0 Å². The van der Waals surface area contributed by atoms with Crippen molar-refractivity contribution in [2.75, 3.05) is 36.4 Å². The van der Waals surface area contributed by atoms with Gasteiger partial charge in [0.1, 0.15) is 12.4 Å². The van der Waals surface area contributed by atoms with Crippen molar-refractivity contribution in [1.29, 1.82) is 0 Å². The van der Waals surface area contributed by atoms with Crippen LogP contribution in [0.4, 0.5) is 15.8 Å². The number of hydrogen-bond acceptors (Lipinski definition) is 5. The predicted octanol–water partition coefficient (Wildman–Crippen LogP) is 2.64. The van der Waals surface area contributed by atoms with Crippen LogP contribution in [-0.4, -0.2) is 57.7 Å². The Hall–Kier alpha value is -3.75. The highest BCUT2D eigenvalue weighted by molar-refractivity contribution is 6.08. The molecular weight excluding hydrogens is 411 g/mol. The van der Waals surface area contributed by atoms with Gasteiger partial charge in [-0.25, -0.2) is 4.39 Å². The van der Waals surface area contributed by atoms with E-state index in [4.69, 9.17) is 0 Å². The fourth-order valence-corrected chi connectivity index (χ4v) is 3.88. The molecule has 1 aliphatic heterocycles. The molecular formula is C23H25FN6O2. The lowest BCUT2D eigenvalue weighted by Crippen LogP contribution is -2.50. The lowest BCUT2D eigenvalue weighted by Gasteiger charge is -2.37. The average molecular weight is 436 g/mol. The van der Waals surface area contributed by atoms with E-state index in [9.17, 15) is 14.0 Å². The second kappa shape index (κ2) is 9.17. The number of anilines is 2. The Morgan fingerprint density at radius 1 is 1.06 bits per heavy atom. The van der Waals surface area contributed by atoms with Gasteiger partial charge in [-0.3, -0.25) is 19.3 Å². The minimum Gasteiger partial charge on any atom is -0.367 e. The summed E-state index contributed by atoms with van der Waals surface area (Å²) in [6, 6.07) is 10.4. The number of benzene rings is 1. The molecule has 0 saturated carbocycles. The van der Waals surface area contributed by atoms with Crippen LogP contribution in [0.25, 0.3) is 0 Å². The third kappa shape index (κ3) is 4.77. The highest BCUT2D eigenvalue weighted by atomic mass is 19.1. The maximum atomic E-state index is 13.4. The fourth-order valence-electron chi connectivity index (χ4n) is 3.88. The summed E-state index contributed by atoms with van der Waals surface area (Å²) in [6.45, 7) is 6.39. The zero-order chi connectivity index (χ0) is 22.7. The third-order valence-corrected chi connectivity index (χ3v) is 5.47. The van der Waals surface area contributed by atoms with Crippen molar-refractivity contribution >= 4 is 23.2 Å². The molecule has 3 aromatic rings. The molecule has 1 saturated heterocycles. The van der Waals surface area contributed by atoms with Gasteiger partial charge in [-0.2, -0.15) is 5.10 Å². The molecule has 3 heterocycles. The Morgan fingerprint density at radius 2 is 1.81 bits per heavy atom. The summed E-state index contributed by atoms with van der Waals surface area (Å²) >= 11 is 0. The summed E-state index contributed by atoms with van der Waals surface area (Å²) in [5, 5.41) is 7.06. The van der Waals surface area contributed by atoms with Crippen molar-refractivity contribution < 1.29 is 14.0 Å². The summed E-state index contributed by atoms with van der Waals surface area (Å²) in [6.07, 6.45) is 2.48. The molecule has 0 bridgehead atoms. The second-order valence-corrected chi connectivity index (χ2v) is 7.82. The lowest BCUT2D eigenvalue weighted by atomic mass is 10.1. The summed E-state index contributed by atoms with van der Waals surface area (Å²) in [4.78, 5) is 33.2. The average Bonchev–Trinajstić information content (AvgIpc) is 3.10. The Labute approximate surface area is 185 Å². The topological polar surface area (TPSA) is 83.4 Å². The molecule has 0 atom stereocenters. The molecule has 0 unspecified atom stereocenters. The van der Waals surface area contributed by atoms with Gasteiger partial charge in [-0.1, -0.05) is 12.1 Å². The van der Waals surface area contributed by atoms with Gasteiger partial charge in [0.05, 0.1) is 29.3 Å². The number of carbonyl (C=O) groups is 2. The zero-order valence-corrected chi connectivity index (χ0v) is 18.1. The molecule has 0 aliphatic carbocycles. The molecule has 2 aromatic heterocycles. The molecule has 0 spiro atoms. The van der Waals surface area contributed by atoms with Crippen molar-refractivity contribution in [3.63, 3.8) is 0 Å². The lowest BCUT2D eigenvalue weighted by molar-refractivity contribution is -0.132. The van der Waals surface area contributed by atoms with Crippen LogP contribution in [0.2, 0.25) is 0 Å². The van der Waals surface area contributed by atoms with E-state index in [2.05, 4.69) is 20.3 Å². The van der Waals surface area contributed by atoms with Gasteiger partial charge in [0.25, 0.3) is 5.91 Å². The van der Waals surface area contributed by atoms with Crippen molar-refractivity contribution in [2.24, 2.45) is 0 Å². The minimum atomic E-state index is -0.516. The number of nitrogens with zero attached hydrogens (tertiary/aromatic N) is 5. The van der Waals surface area contributed by atoms with E-state index in [0.717, 1.165) is 23.3 Å². The minimum absolute atomic E-state index is 0.0282. The number of para-hydroxylation sites is 1. The number of halogens is 1. The number of pyridine rings is 1. The van der Waals surface area contributed by atoms with Gasteiger partial charge in [-0.15, -0.1) is 0 Å². The summed E-state index contributed by atoms with van der Waals surface area (Å²) < 4.78 is 15.1. The normalized spacial score (nSPS) is 13.8. The van der Waals surface area contributed by atoms with Crippen molar-refractivity contribution in [3.8, 4) is 0 Å². The van der Waals surface area contributed by atoms with Crippen LogP contribution in [0.15, 0.2) is 48.8 Å². The maximum absolute atomic E-state index is 13.4. The monoisotopic (exact) mass is 436 g/mol. The van der Waals surface area contributed by atoms with Gasteiger partial charge in [0.2, 0.25) is 5.91 Å². The van der Waals surface area contributed by atoms with Crippen LogP contribution >= 0.6 is 0 Å². The second-order valence-electron chi connectivity index (χ2n) is 7.82. The first-order valence-electron chi connectivity index (χ1n) is 10.5. The van der Waals surface area contributed by atoms with E-state index >= 15 is 0 Å². The van der Waals surface area contributed by atoms with Gasteiger partial charge < -0.3 is 15.1 Å². The SMILES string of the molecule is Cc1cc(C)n(CC(=O)N2CCN(c3ccccc3C(=O)Nc3cncc(F)c3)CC2)n1. The quantitative estimate of drug-likeness (QED) is 0.665. The van der Waals surface area contributed by atoms with E-state index in [0.29, 0.717) is 37.4 Å². The number of amides is 2. The molecule has 4 rings (SSSR count). The third-order valence-electron chi connectivity index (χ3n) is 5.47. The molecule has 0 radical (unpaired) electrons. The number of hydrogen-bond donors (Lipinski definition) is 1. The summed E-state index contributed by atoms with van der Waals surface area (Å²) in [7, 11) is 0. The molecule has 166 valence electrons. The standard InChI is InChI=1S/C23H25FN6O2/c1-16-11-17(2)30(27-16)15-22(31)29-9-7-28(8-10-29)21-6-4-3-5-20(21)23(32)26-19-12-18(24)13-25-14-19/h3-6,11-14H,7-10,15H2,1-2H3,(H,26,32). The number of piperazine rings is 1. The van der Waals surface area contributed by atoms with Crippen molar-refractivity contribution in [3.05, 3.63) is 71.6 Å². The molecule has 1 N–H and O–H groups in total. The predicted molar refractivity (Wildman–Crippen MR) is 119 cm³/mol. The Bertz CT molecular complexity index is 1140. The number of rotatable bonds is 5. The molecule has 9 heteroatoms. The van der Waals surface area contributed by atoms with E-state index in [1.165, 1.54) is 12.3 Å².